The molecule has 3 heterocycles. The molecule has 7 heteroatoms. The van der Waals surface area contributed by atoms with Crippen molar-refractivity contribution in [1.82, 2.24) is 15.3 Å². The molecule has 6 nitrogen and oxygen atoms in total. The minimum absolute atomic E-state index is 0.266. The summed E-state index contributed by atoms with van der Waals surface area (Å²) in [5, 5.41) is 8.56. The molecule has 29 heavy (non-hydrogen) atoms. The number of aryl methyl sites for hydroxylation is 1. The Morgan fingerprint density at radius 1 is 1.10 bits per heavy atom. The maximum absolute atomic E-state index is 13.0. The number of carbonyl (C=O) groups excluding carboxylic acids is 2. The van der Waals surface area contributed by atoms with Crippen molar-refractivity contribution in [3.63, 3.8) is 0 Å². The molecule has 0 bridgehead atoms. The van der Waals surface area contributed by atoms with Gasteiger partial charge < -0.3 is 15.6 Å². The highest BCUT2D eigenvalue weighted by Crippen LogP contribution is 2.20. The number of hydrogen-bond donors (Lipinski definition) is 3. The quantitative estimate of drug-likeness (QED) is 0.455. The number of nitrogens with one attached hydrogen (secondary N) is 3. The van der Waals surface area contributed by atoms with Gasteiger partial charge in [0.25, 0.3) is 5.91 Å². The van der Waals surface area contributed by atoms with E-state index in [4.69, 9.17) is 0 Å². The monoisotopic (exact) mass is 404 g/mol. The maximum atomic E-state index is 13.0. The van der Waals surface area contributed by atoms with Gasteiger partial charge in [0.1, 0.15) is 11.9 Å². The molecular formula is C22H20N4O2S. The molecule has 0 saturated carbocycles. The van der Waals surface area contributed by atoms with Crippen LogP contribution in [-0.2, 0) is 11.2 Å². The number of carbonyl (C=O) groups is 2. The van der Waals surface area contributed by atoms with Gasteiger partial charge in [0, 0.05) is 29.2 Å². The van der Waals surface area contributed by atoms with Gasteiger partial charge in [-0.15, -0.1) is 11.3 Å². The number of para-hydroxylation sites is 1. The summed E-state index contributed by atoms with van der Waals surface area (Å²) >= 11 is 1.34. The molecule has 3 aromatic heterocycles. The van der Waals surface area contributed by atoms with Crippen molar-refractivity contribution in [2.24, 2.45) is 0 Å². The second kappa shape index (κ2) is 8.28. The van der Waals surface area contributed by atoms with Gasteiger partial charge in [-0.2, -0.15) is 0 Å². The van der Waals surface area contributed by atoms with Gasteiger partial charge in [-0.1, -0.05) is 30.3 Å². The molecule has 0 aliphatic carbocycles. The summed E-state index contributed by atoms with van der Waals surface area (Å²) in [5.74, 6) is -0.111. The van der Waals surface area contributed by atoms with Crippen LogP contribution in [0.5, 0.6) is 0 Å². The average molecular weight is 404 g/mol. The summed E-state index contributed by atoms with van der Waals surface area (Å²) in [6, 6.07) is 16.1. The van der Waals surface area contributed by atoms with Crippen LogP contribution < -0.4 is 10.6 Å². The molecule has 0 aliphatic heterocycles. The predicted molar refractivity (Wildman–Crippen MR) is 115 cm³/mol. The first kappa shape index (κ1) is 18.9. The number of benzene rings is 1. The molecule has 0 spiro atoms. The second-order valence-electron chi connectivity index (χ2n) is 6.72. The fourth-order valence-electron chi connectivity index (χ4n) is 3.19. The van der Waals surface area contributed by atoms with Gasteiger partial charge >= 0.3 is 0 Å². The van der Waals surface area contributed by atoms with Gasteiger partial charge in [0.15, 0.2) is 0 Å². The van der Waals surface area contributed by atoms with Gasteiger partial charge in [0.05, 0.1) is 4.88 Å². The van der Waals surface area contributed by atoms with Gasteiger partial charge in [-0.3, -0.25) is 9.59 Å². The first-order chi connectivity index (χ1) is 14.1. The van der Waals surface area contributed by atoms with Crippen molar-refractivity contribution in [1.29, 1.82) is 0 Å². The standard InChI is InChI=1S/C22H20N4O2S/c1-14-6-4-10-20(24-14)26-21(27)18(25-22(28)19-9-5-11-29-19)12-15-13-23-17-8-3-2-7-16(15)17/h2-11,13,18,23H,12H2,1H3,(H,25,28)(H,24,26,27)/t18-/m0/s1. The van der Waals surface area contributed by atoms with Crippen LogP contribution in [-0.4, -0.2) is 27.8 Å². The third kappa shape index (κ3) is 4.35. The molecule has 146 valence electrons. The zero-order valence-corrected chi connectivity index (χ0v) is 16.6. The Kier molecular flexibility index (Phi) is 5.39. The van der Waals surface area contributed by atoms with E-state index in [1.807, 2.05) is 61.0 Å². The molecule has 2 amide bonds. The Hall–Kier alpha value is -3.45. The molecule has 0 aliphatic rings. The van der Waals surface area contributed by atoms with Crippen LogP contribution in [0.15, 0.2) is 66.2 Å². The van der Waals surface area contributed by atoms with Crippen LogP contribution in [0.3, 0.4) is 0 Å². The topological polar surface area (TPSA) is 86.9 Å². The molecule has 1 aromatic carbocycles. The minimum Gasteiger partial charge on any atom is -0.361 e. The number of hydrogen-bond acceptors (Lipinski definition) is 4. The van der Waals surface area contributed by atoms with E-state index in [1.54, 1.807) is 12.1 Å². The van der Waals surface area contributed by atoms with Crippen molar-refractivity contribution in [3.8, 4) is 0 Å². The number of nitrogens with zero attached hydrogens (tertiary/aromatic N) is 1. The van der Waals surface area contributed by atoms with Crippen LogP contribution in [0.2, 0.25) is 0 Å². The lowest BCUT2D eigenvalue weighted by atomic mass is 10.0. The van der Waals surface area contributed by atoms with Crippen LogP contribution in [0.1, 0.15) is 20.9 Å². The van der Waals surface area contributed by atoms with Gasteiger partial charge in [-0.25, -0.2) is 4.98 Å². The minimum atomic E-state index is -0.744. The lowest BCUT2D eigenvalue weighted by molar-refractivity contribution is -0.118. The highest BCUT2D eigenvalue weighted by molar-refractivity contribution is 7.12. The first-order valence-electron chi connectivity index (χ1n) is 9.24. The summed E-state index contributed by atoms with van der Waals surface area (Å²) in [4.78, 5) is 33.7. The summed E-state index contributed by atoms with van der Waals surface area (Å²) in [6.07, 6.45) is 2.24. The SMILES string of the molecule is Cc1cccc(NC(=O)[C@H](Cc2c[nH]c3ccccc23)NC(=O)c2cccs2)n1. The Morgan fingerprint density at radius 2 is 1.97 bits per heavy atom. The Morgan fingerprint density at radius 3 is 2.76 bits per heavy atom. The zero-order valence-electron chi connectivity index (χ0n) is 15.8. The van der Waals surface area contributed by atoms with Crippen molar-refractivity contribution >= 4 is 39.9 Å². The summed E-state index contributed by atoms with van der Waals surface area (Å²) in [5.41, 5.74) is 2.76. The molecule has 3 N–H and O–H groups in total. The third-order valence-corrected chi connectivity index (χ3v) is 5.47. The number of aromatic amines is 1. The van der Waals surface area contributed by atoms with E-state index in [0.29, 0.717) is 17.1 Å². The normalized spacial score (nSPS) is 11.9. The number of pyridine rings is 1. The van der Waals surface area contributed by atoms with Gasteiger partial charge in [-0.05, 0) is 42.1 Å². The van der Waals surface area contributed by atoms with E-state index >= 15 is 0 Å². The fourth-order valence-corrected chi connectivity index (χ4v) is 3.82. The molecule has 4 rings (SSSR count). The molecular weight excluding hydrogens is 384 g/mol. The highest BCUT2D eigenvalue weighted by atomic mass is 32.1. The number of thiophene rings is 1. The molecule has 0 unspecified atom stereocenters. The Labute approximate surface area is 172 Å². The van der Waals surface area contributed by atoms with Crippen molar-refractivity contribution in [2.75, 3.05) is 5.32 Å². The zero-order chi connectivity index (χ0) is 20.2. The summed E-state index contributed by atoms with van der Waals surface area (Å²) in [7, 11) is 0. The van der Waals surface area contributed by atoms with E-state index in [0.717, 1.165) is 22.2 Å². The highest BCUT2D eigenvalue weighted by Gasteiger charge is 2.24. The molecule has 1 atom stereocenters. The van der Waals surface area contributed by atoms with E-state index in [-0.39, 0.29) is 11.8 Å². The van der Waals surface area contributed by atoms with Crippen molar-refractivity contribution in [2.45, 2.75) is 19.4 Å². The number of H-pyrrole nitrogens is 1. The summed E-state index contributed by atoms with van der Waals surface area (Å²) in [6.45, 7) is 1.86. The number of amides is 2. The summed E-state index contributed by atoms with van der Waals surface area (Å²) < 4.78 is 0. The predicted octanol–water partition coefficient (Wildman–Crippen LogP) is 3.91. The first-order valence-corrected chi connectivity index (χ1v) is 10.1. The number of rotatable bonds is 6. The van der Waals surface area contributed by atoms with E-state index in [1.165, 1.54) is 11.3 Å². The third-order valence-electron chi connectivity index (χ3n) is 4.61. The average Bonchev–Trinajstić information content (AvgIpc) is 3.38. The van der Waals surface area contributed by atoms with Crippen molar-refractivity contribution < 1.29 is 9.59 Å². The maximum Gasteiger partial charge on any atom is 0.262 e. The fraction of sp³-hybridized carbons (Fsp3) is 0.136. The lowest BCUT2D eigenvalue weighted by Crippen LogP contribution is -2.45. The Bertz CT molecular complexity index is 1150. The molecule has 4 aromatic rings. The number of aromatic nitrogens is 2. The number of anilines is 1. The molecule has 0 radical (unpaired) electrons. The van der Waals surface area contributed by atoms with Crippen LogP contribution in [0.25, 0.3) is 10.9 Å². The molecule has 0 fully saturated rings. The second-order valence-corrected chi connectivity index (χ2v) is 7.67. The van der Waals surface area contributed by atoms with Crippen LogP contribution in [0.4, 0.5) is 5.82 Å². The van der Waals surface area contributed by atoms with E-state index in [2.05, 4.69) is 20.6 Å². The van der Waals surface area contributed by atoms with E-state index < -0.39 is 6.04 Å². The van der Waals surface area contributed by atoms with Crippen LogP contribution >= 0.6 is 11.3 Å². The van der Waals surface area contributed by atoms with Crippen LogP contribution in [0, 0.1) is 6.92 Å². The molecule has 0 saturated heterocycles. The smallest absolute Gasteiger partial charge is 0.262 e. The largest absolute Gasteiger partial charge is 0.361 e. The van der Waals surface area contributed by atoms with Gasteiger partial charge in [0.2, 0.25) is 5.91 Å². The van der Waals surface area contributed by atoms with Crippen molar-refractivity contribution in [3.05, 3.63) is 82.3 Å². The lowest BCUT2D eigenvalue weighted by Gasteiger charge is -2.18. The Balaban J connectivity index is 1.59. The van der Waals surface area contributed by atoms with E-state index in [9.17, 15) is 9.59 Å². The number of fused-ring (bicyclic) bond motifs is 1.